The molecule has 1 atom stereocenters. The zero-order valence-electron chi connectivity index (χ0n) is 22.0. The molecule has 3 aromatic rings. The molecule has 0 saturated carbocycles. The number of hydrogen-bond acceptors (Lipinski definition) is 6. The van der Waals surface area contributed by atoms with Gasteiger partial charge in [0, 0.05) is 30.1 Å². The van der Waals surface area contributed by atoms with Gasteiger partial charge in [-0.15, -0.1) is 6.42 Å². The van der Waals surface area contributed by atoms with Gasteiger partial charge >= 0.3 is 0 Å². The Morgan fingerprint density at radius 2 is 1.92 bits per heavy atom. The summed E-state index contributed by atoms with van der Waals surface area (Å²) in [6.45, 7) is 5.62. The maximum Gasteiger partial charge on any atom is 0.241 e. The minimum atomic E-state index is -3.56. The minimum absolute atomic E-state index is 0.0267. The number of thiophene rings is 1. The molecule has 1 unspecified atom stereocenters. The van der Waals surface area contributed by atoms with Crippen molar-refractivity contribution in [2.45, 2.75) is 50.7 Å². The van der Waals surface area contributed by atoms with Crippen LogP contribution in [0.15, 0.2) is 64.2 Å². The summed E-state index contributed by atoms with van der Waals surface area (Å²) in [5.41, 5.74) is 3.22. The normalized spacial score (nSPS) is 11.8. The van der Waals surface area contributed by atoms with Gasteiger partial charge in [0.1, 0.15) is 12.0 Å². The first-order valence-corrected chi connectivity index (χ1v) is 15.1. The van der Waals surface area contributed by atoms with Crippen LogP contribution in [0.5, 0.6) is 5.75 Å². The van der Waals surface area contributed by atoms with Gasteiger partial charge in [-0.05, 0) is 85.1 Å². The highest BCUT2D eigenvalue weighted by atomic mass is 35.5. The van der Waals surface area contributed by atoms with Crippen LogP contribution < -0.4 is 9.46 Å². The third-order valence-corrected chi connectivity index (χ3v) is 8.03. The lowest BCUT2D eigenvalue weighted by molar-refractivity contribution is -0.107. The van der Waals surface area contributed by atoms with Crippen LogP contribution in [0.25, 0.3) is 0 Å². The van der Waals surface area contributed by atoms with Crippen LogP contribution in [0.3, 0.4) is 0 Å². The molecule has 0 radical (unpaired) electrons. The van der Waals surface area contributed by atoms with Crippen LogP contribution in [-0.2, 0) is 34.2 Å². The lowest BCUT2D eigenvalue weighted by Crippen LogP contribution is -2.24. The molecule has 0 spiro atoms. The summed E-state index contributed by atoms with van der Waals surface area (Å²) >= 11 is 7.81. The van der Waals surface area contributed by atoms with E-state index in [2.05, 4.69) is 22.5 Å². The lowest BCUT2D eigenvalue weighted by Gasteiger charge is -2.21. The van der Waals surface area contributed by atoms with Crippen molar-refractivity contribution in [3.8, 4) is 18.1 Å². The van der Waals surface area contributed by atoms with E-state index in [1.807, 2.05) is 61.1 Å². The molecule has 204 valence electrons. The van der Waals surface area contributed by atoms with Crippen LogP contribution in [0.2, 0.25) is 5.02 Å². The zero-order valence-corrected chi connectivity index (χ0v) is 24.4. The lowest BCUT2D eigenvalue weighted by atomic mass is 10.1. The molecule has 1 aromatic heterocycles. The molecule has 6 nitrogen and oxygen atoms in total. The molecule has 2 aromatic carbocycles. The van der Waals surface area contributed by atoms with E-state index in [0.717, 1.165) is 48.1 Å². The predicted molar refractivity (Wildman–Crippen MR) is 156 cm³/mol. The summed E-state index contributed by atoms with van der Waals surface area (Å²) in [7, 11) is -1.52. The number of aldehydes is 1. The monoisotopic (exact) mass is 574 g/mol. The molecule has 0 fully saturated rings. The standard InChI is InChI=1S/C23H29ClN2O3S.C6H6OS/c1-5-14-25-30(27,28)22-10-7-19(8-11-22)13-15-26(4)17-20-16-21(24)9-12-23(20)29-18(3)6-2;7-3-1-6-2-4-8-5-6/h1,7-12,16,18,25H,6,13-15,17H2,2-4H3;2-5H,1H2. The Balaban J connectivity index is 0.000000538. The molecule has 0 aliphatic heterocycles. The summed E-state index contributed by atoms with van der Waals surface area (Å²) in [6, 6.07) is 14.5. The summed E-state index contributed by atoms with van der Waals surface area (Å²) in [5.74, 6) is 3.12. The number of rotatable bonds is 13. The summed E-state index contributed by atoms with van der Waals surface area (Å²) in [5, 5.41) is 4.64. The molecular weight excluding hydrogens is 540 g/mol. The average Bonchev–Trinajstić information content (AvgIpc) is 3.42. The van der Waals surface area contributed by atoms with E-state index in [-0.39, 0.29) is 17.5 Å². The van der Waals surface area contributed by atoms with E-state index in [0.29, 0.717) is 18.0 Å². The number of terminal acetylenes is 1. The van der Waals surface area contributed by atoms with Gasteiger partial charge in [0.25, 0.3) is 0 Å². The highest BCUT2D eigenvalue weighted by Crippen LogP contribution is 2.25. The number of carbonyl (C=O) groups excluding carboxylic acids is 1. The van der Waals surface area contributed by atoms with Gasteiger partial charge in [-0.25, -0.2) is 8.42 Å². The molecular formula is C29H35ClN2O4S2. The topological polar surface area (TPSA) is 75.7 Å². The average molecular weight is 575 g/mol. The third kappa shape index (κ3) is 11.0. The Kier molecular flexibility index (Phi) is 13.6. The van der Waals surface area contributed by atoms with Crippen LogP contribution in [-0.4, -0.2) is 45.8 Å². The van der Waals surface area contributed by atoms with Crippen molar-refractivity contribution >= 4 is 39.2 Å². The van der Waals surface area contributed by atoms with Crippen molar-refractivity contribution in [1.82, 2.24) is 9.62 Å². The smallest absolute Gasteiger partial charge is 0.241 e. The van der Waals surface area contributed by atoms with Gasteiger partial charge < -0.3 is 14.4 Å². The van der Waals surface area contributed by atoms with E-state index in [4.69, 9.17) is 22.8 Å². The second kappa shape index (κ2) is 16.3. The molecule has 38 heavy (non-hydrogen) atoms. The molecule has 0 saturated heterocycles. The highest BCUT2D eigenvalue weighted by Gasteiger charge is 2.13. The number of nitrogens with one attached hydrogen (secondary N) is 1. The van der Waals surface area contributed by atoms with Crippen LogP contribution >= 0.6 is 22.9 Å². The summed E-state index contributed by atoms with van der Waals surface area (Å²) < 4.78 is 32.6. The predicted octanol–water partition coefficient (Wildman–Crippen LogP) is 5.59. The van der Waals surface area contributed by atoms with Gasteiger partial charge in [-0.3, -0.25) is 0 Å². The third-order valence-electron chi connectivity index (χ3n) is 5.65. The first-order valence-electron chi connectivity index (χ1n) is 12.3. The van der Waals surface area contributed by atoms with E-state index in [1.165, 1.54) is 0 Å². The van der Waals surface area contributed by atoms with E-state index in [9.17, 15) is 13.2 Å². The Morgan fingerprint density at radius 3 is 2.53 bits per heavy atom. The number of nitrogens with zero attached hydrogens (tertiary/aromatic N) is 1. The SMILES string of the molecule is C#CCNS(=O)(=O)c1ccc(CCN(C)Cc2cc(Cl)ccc2OC(C)CC)cc1.O=CCc1ccsc1. The number of sulfonamides is 1. The molecule has 0 amide bonds. The van der Waals surface area contributed by atoms with Crippen LogP contribution in [0.1, 0.15) is 37.0 Å². The van der Waals surface area contributed by atoms with E-state index >= 15 is 0 Å². The molecule has 0 aliphatic carbocycles. The van der Waals surface area contributed by atoms with E-state index in [1.54, 1.807) is 23.5 Å². The number of hydrogen-bond donors (Lipinski definition) is 1. The van der Waals surface area contributed by atoms with Gasteiger partial charge in [0.05, 0.1) is 17.5 Å². The van der Waals surface area contributed by atoms with Gasteiger partial charge in [0.15, 0.2) is 0 Å². The molecule has 0 aliphatic rings. The number of carbonyl (C=O) groups is 1. The van der Waals surface area contributed by atoms with Gasteiger partial charge in [-0.1, -0.05) is 36.6 Å². The fraction of sp³-hybridized carbons (Fsp3) is 0.345. The quantitative estimate of drug-likeness (QED) is 0.213. The second-order valence-corrected chi connectivity index (χ2v) is 11.7. The molecule has 3 rings (SSSR count). The van der Waals surface area contributed by atoms with Crippen molar-refractivity contribution < 1.29 is 17.9 Å². The largest absolute Gasteiger partial charge is 0.490 e. The first kappa shape index (κ1) is 31.5. The Bertz CT molecular complexity index is 1270. The fourth-order valence-electron chi connectivity index (χ4n) is 3.34. The molecule has 1 heterocycles. The molecule has 1 N–H and O–H groups in total. The number of likely N-dealkylation sites (N-methyl/N-ethyl adjacent to an activating group) is 1. The van der Waals surface area contributed by atoms with E-state index < -0.39 is 10.0 Å². The van der Waals surface area contributed by atoms with Crippen molar-refractivity contribution in [1.29, 1.82) is 0 Å². The van der Waals surface area contributed by atoms with Crippen LogP contribution in [0, 0.1) is 12.3 Å². The fourth-order valence-corrected chi connectivity index (χ4v) is 5.15. The molecule has 0 bridgehead atoms. The minimum Gasteiger partial charge on any atom is -0.490 e. The first-order chi connectivity index (χ1) is 18.2. The maximum atomic E-state index is 12.1. The Labute approximate surface area is 236 Å². The Morgan fingerprint density at radius 1 is 1.18 bits per heavy atom. The zero-order chi connectivity index (χ0) is 28.0. The van der Waals surface area contributed by atoms with Crippen molar-refractivity contribution in [3.63, 3.8) is 0 Å². The summed E-state index contributed by atoms with van der Waals surface area (Å²) in [4.78, 5) is 12.3. The van der Waals surface area contributed by atoms with Crippen molar-refractivity contribution in [2.24, 2.45) is 0 Å². The summed E-state index contributed by atoms with van der Waals surface area (Å²) in [6.07, 6.45) is 8.45. The van der Waals surface area contributed by atoms with Crippen molar-refractivity contribution in [3.05, 3.63) is 81.0 Å². The number of benzene rings is 2. The maximum absolute atomic E-state index is 12.1. The number of ether oxygens (including phenoxy) is 1. The molecule has 9 heteroatoms. The second-order valence-electron chi connectivity index (χ2n) is 8.75. The highest BCUT2D eigenvalue weighted by molar-refractivity contribution is 7.89. The van der Waals surface area contributed by atoms with Gasteiger partial charge in [-0.2, -0.15) is 16.1 Å². The Hall–Kier alpha value is -2.67. The van der Waals surface area contributed by atoms with Crippen LogP contribution in [0.4, 0.5) is 0 Å². The van der Waals surface area contributed by atoms with Gasteiger partial charge in [0.2, 0.25) is 10.0 Å². The number of halogens is 1. The van der Waals surface area contributed by atoms with Crippen molar-refractivity contribution in [2.75, 3.05) is 20.1 Å².